The average molecular weight is 329 g/mol. The van der Waals surface area contributed by atoms with Crippen molar-refractivity contribution in [3.05, 3.63) is 46.6 Å². The van der Waals surface area contributed by atoms with Gasteiger partial charge in [0, 0.05) is 25.0 Å². The number of carbonyl (C=O) groups excluding carboxylic acids is 1. The van der Waals surface area contributed by atoms with Gasteiger partial charge in [-0.15, -0.1) is 5.10 Å². The van der Waals surface area contributed by atoms with Crippen LogP contribution in [0.1, 0.15) is 5.69 Å². The number of amides is 1. The van der Waals surface area contributed by atoms with Crippen LogP contribution >= 0.6 is 0 Å². The van der Waals surface area contributed by atoms with Crippen molar-refractivity contribution in [3.8, 4) is 17.3 Å². The number of aromatic amines is 1. The van der Waals surface area contributed by atoms with E-state index in [4.69, 9.17) is 9.15 Å². The number of hydrogen-bond acceptors (Lipinski definition) is 6. The lowest BCUT2D eigenvalue weighted by Gasteiger charge is -2.08. The smallest absolute Gasteiger partial charge is 0.264 e. The van der Waals surface area contributed by atoms with E-state index in [0.29, 0.717) is 11.6 Å². The number of carbonyl (C=O) groups is 1. The van der Waals surface area contributed by atoms with Crippen LogP contribution < -0.4 is 15.5 Å². The Kier molecular flexibility index (Phi) is 4.15. The minimum atomic E-state index is -0.484. The van der Waals surface area contributed by atoms with Gasteiger partial charge in [0.25, 0.3) is 5.91 Å². The summed E-state index contributed by atoms with van der Waals surface area (Å²) in [7, 11) is 1.78. The van der Waals surface area contributed by atoms with Crippen LogP contribution in [0.2, 0.25) is 0 Å². The number of aromatic nitrogens is 4. The molecule has 1 amide bonds. The molecule has 24 heavy (non-hydrogen) atoms. The maximum Gasteiger partial charge on any atom is 0.264 e. The molecule has 3 aromatic rings. The predicted octanol–water partition coefficient (Wildman–Crippen LogP) is 1.09. The number of furan rings is 1. The third kappa shape index (κ3) is 3.35. The average Bonchev–Trinajstić information content (AvgIpc) is 3.20. The normalized spacial score (nSPS) is 10.6. The summed E-state index contributed by atoms with van der Waals surface area (Å²) in [5.41, 5.74) is 0.513. The Labute approximate surface area is 136 Å². The largest absolute Gasteiger partial charge is 0.478 e. The summed E-state index contributed by atoms with van der Waals surface area (Å²) >= 11 is 0. The Morgan fingerprint density at radius 3 is 3.08 bits per heavy atom. The highest BCUT2D eigenvalue weighted by Gasteiger charge is 2.12. The second kappa shape index (κ2) is 6.41. The van der Waals surface area contributed by atoms with E-state index in [9.17, 15) is 9.59 Å². The lowest BCUT2D eigenvalue weighted by Crippen LogP contribution is -2.23. The van der Waals surface area contributed by atoms with Crippen molar-refractivity contribution in [1.29, 1.82) is 0 Å². The molecule has 3 heterocycles. The van der Waals surface area contributed by atoms with E-state index in [-0.39, 0.29) is 23.7 Å². The monoisotopic (exact) mass is 329 g/mol. The Morgan fingerprint density at radius 1 is 1.50 bits per heavy atom. The number of aryl methyl sites for hydroxylation is 2. The molecule has 0 aliphatic rings. The molecular formula is C15H15N5O4. The van der Waals surface area contributed by atoms with Gasteiger partial charge >= 0.3 is 0 Å². The summed E-state index contributed by atoms with van der Waals surface area (Å²) in [4.78, 5) is 27.7. The molecule has 124 valence electrons. The first-order valence-corrected chi connectivity index (χ1v) is 7.09. The molecule has 0 bridgehead atoms. The van der Waals surface area contributed by atoms with Crippen LogP contribution in [0.4, 0.5) is 5.95 Å². The van der Waals surface area contributed by atoms with Crippen molar-refractivity contribution in [1.82, 2.24) is 19.7 Å². The zero-order chi connectivity index (χ0) is 17.1. The van der Waals surface area contributed by atoms with Gasteiger partial charge < -0.3 is 13.7 Å². The number of ether oxygens (including phenoxy) is 1. The van der Waals surface area contributed by atoms with Crippen LogP contribution in [-0.4, -0.2) is 32.3 Å². The third-order valence-electron chi connectivity index (χ3n) is 3.30. The van der Waals surface area contributed by atoms with E-state index in [1.807, 2.05) is 0 Å². The van der Waals surface area contributed by atoms with E-state index >= 15 is 0 Å². The molecule has 0 aliphatic heterocycles. The van der Waals surface area contributed by atoms with Crippen LogP contribution in [0.15, 0.2) is 39.9 Å². The molecule has 9 nitrogen and oxygen atoms in total. The predicted molar refractivity (Wildman–Crippen MR) is 84.6 cm³/mol. The molecular weight excluding hydrogens is 314 g/mol. The quantitative estimate of drug-likeness (QED) is 0.724. The SMILES string of the molecule is Cc1cc(=O)c(OCC(=O)Nc2n[nH]c(-c3ccco3)n2)cn1C. The number of hydrogen-bond donors (Lipinski definition) is 2. The molecule has 3 rings (SSSR count). The Hall–Kier alpha value is -3.36. The molecule has 9 heteroatoms. The molecule has 0 saturated heterocycles. The van der Waals surface area contributed by atoms with E-state index in [1.165, 1.54) is 18.5 Å². The van der Waals surface area contributed by atoms with Gasteiger partial charge in [-0.05, 0) is 19.1 Å². The molecule has 0 radical (unpaired) electrons. The van der Waals surface area contributed by atoms with Crippen molar-refractivity contribution in [2.75, 3.05) is 11.9 Å². The van der Waals surface area contributed by atoms with Crippen LogP contribution in [0.3, 0.4) is 0 Å². The maximum absolute atomic E-state index is 11.9. The van der Waals surface area contributed by atoms with E-state index < -0.39 is 5.91 Å². The van der Waals surface area contributed by atoms with Crippen LogP contribution in [0, 0.1) is 6.92 Å². The standard InChI is InChI=1S/C15H15N5O4/c1-9-6-10(21)12(7-20(9)2)24-8-13(22)16-15-17-14(18-19-15)11-4-3-5-23-11/h3-7H,8H2,1-2H3,(H2,16,17,18,19,22). The molecule has 0 saturated carbocycles. The number of nitrogens with zero attached hydrogens (tertiary/aromatic N) is 3. The van der Waals surface area contributed by atoms with Crippen molar-refractivity contribution in [2.45, 2.75) is 6.92 Å². The second-order valence-electron chi connectivity index (χ2n) is 5.08. The zero-order valence-corrected chi connectivity index (χ0v) is 13.1. The summed E-state index contributed by atoms with van der Waals surface area (Å²) in [6.07, 6.45) is 3.04. The lowest BCUT2D eigenvalue weighted by molar-refractivity contribution is -0.118. The molecule has 0 aromatic carbocycles. The topological polar surface area (TPSA) is 115 Å². The lowest BCUT2D eigenvalue weighted by atomic mass is 10.3. The van der Waals surface area contributed by atoms with Gasteiger partial charge in [0.15, 0.2) is 23.9 Å². The molecule has 0 fully saturated rings. The first-order chi connectivity index (χ1) is 11.5. The maximum atomic E-state index is 11.9. The summed E-state index contributed by atoms with van der Waals surface area (Å²) < 4.78 is 12.2. The van der Waals surface area contributed by atoms with Gasteiger partial charge in [-0.2, -0.15) is 4.98 Å². The van der Waals surface area contributed by atoms with E-state index in [0.717, 1.165) is 5.69 Å². The second-order valence-corrected chi connectivity index (χ2v) is 5.08. The number of anilines is 1. The molecule has 3 aromatic heterocycles. The fraction of sp³-hybridized carbons (Fsp3) is 0.200. The van der Waals surface area contributed by atoms with Gasteiger partial charge in [-0.1, -0.05) is 0 Å². The van der Waals surface area contributed by atoms with Gasteiger partial charge in [0.05, 0.1) is 6.26 Å². The summed E-state index contributed by atoms with van der Waals surface area (Å²) in [6, 6.07) is 4.87. The number of H-pyrrole nitrogens is 1. The minimum absolute atomic E-state index is 0.0896. The van der Waals surface area contributed by atoms with Gasteiger partial charge in [-0.3, -0.25) is 20.0 Å². The number of rotatable bonds is 5. The highest BCUT2D eigenvalue weighted by Crippen LogP contribution is 2.15. The first kappa shape index (κ1) is 15.5. The Morgan fingerprint density at radius 2 is 2.33 bits per heavy atom. The van der Waals surface area contributed by atoms with Crippen molar-refractivity contribution in [2.24, 2.45) is 7.05 Å². The van der Waals surface area contributed by atoms with Gasteiger partial charge in [0.2, 0.25) is 11.4 Å². The molecule has 0 atom stereocenters. The van der Waals surface area contributed by atoms with Crippen LogP contribution in [0.25, 0.3) is 11.6 Å². The van der Waals surface area contributed by atoms with Crippen molar-refractivity contribution >= 4 is 11.9 Å². The fourth-order valence-corrected chi connectivity index (χ4v) is 1.96. The summed E-state index contributed by atoms with van der Waals surface area (Å²) in [6.45, 7) is 1.47. The Balaban J connectivity index is 1.60. The van der Waals surface area contributed by atoms with Gasteiger partial charge in [-0.25, -0.2) is 0 Å². The van der Waals surface area contributed by atoms with Crippen molar-refractivity contribution in [3.63, 3.8) is 0 Å². The molecule has 2 N–H and O–H groups in total. The van der Waals surface area contributed by atoms with Gasteiger partial charge in [0.1, 0.15) is 0 Å². The molecule has 0 unspecified atom stereocenters. The molecule has 0 aliphatic carbocycles. The fourth-order valence-electron chi connectivity index (χ4n) is 1.96. The highest BCUT2D eigenvalue weighted by atomic mass is 16.5. The van der Waals surface area contributed by atoms with Crippen LogP contribution in [-0.2, 0) is 11.8 Å². The Bertz CT molecular complexity index is 910. The zero-order valence-electron chi connectivity index (χ0n) is 13.1. The molecule has 0 spiro atoms. The van der Waals surface area contributed by atoms with Crippen molar-refractivity contribution < 1.29 is 13.9 Å². The third-order valence-corrected chi connectivity index (χ3v) is 3.30. The first-order valence-electron chi connectivity index (χ1n) is 7.09. The number of nitrogens with one attached hydrogen (secondary N) is 2. The summed E-state index contributed by atoms with van der Waals surface area (Å²) in [5.74, 6) is 0.602. The highest BCUT2D eigenvalue weighted by molar-refractivity contribution is 5.90. The number of pyridine rings is 1. The van der Waals surface area contributed by atoms with E-state index in [1.54, 1.807) is 30.7 Å². The summed E-state index contributed by atoms with van der Waals surface area (Å²) in [5, 5.41) is 8.98. The minimum Gasteiger partial charge on any atom is -0.478 e. The van der Waals surface area contributed by atoms with E-state index in [2.05, 4.69) is 20.5 Å². The van der Waals surface area contributed by atoms with Crippen LogP contribution in [0.5, 0.6) is 5.75 Å².